The number of amides is 2. The molecule has 2 aromatic rings. The summed E-state index contributed by atoms with van der Waals surface area (Å²) in [6.07, 6.45) is 3.27. The Morgan fingerprint density at radius 3 is 2.26 bits per heavy atom. The molecule has 1 saturated carbocycles. The van der Waals surface area contributed by atoms with Gasteiger partial charge in [-0.15, -0.1) is 0 Å². The van der Waals surface area contributed by atoms with E-state index in [0.29, 0.717) is 18.1 Å². The standard InChI is InChI=1S/C24H31Cl2N5O3S/c1-16-13-18(14-17(2)28-16)29-24(32)27-9-12-30-10-7-20(8-11-30)31(19-3-4-19)35(33,34)21-5-6-22(25)23(26)15-21/h5-6,13-15,19-20H,3-4,7-12H2,1-2H3,(H2,27,28,29,32). The van der Waals surface area contributed by atoms with Gasteiger partial charge < -0.3 is 15.5 Å². The van der Waals surface area contributed by atoms with Gasteiger partial charge in [0, 0.05) is 42.2 Å². The minimum Gasteiger partial charge on any atom is -0.337 e. The zero-order chi connectivity index (χ0) is 25.2. The van der Waals surface area contributed by atoms with Gasteiger partial charge in [-0.05, 0) is 83.0 Å². The SMILES string of the molecule is Cc1cc(NC(=O)NCCN2CCC(N(C3CC3)S(=O)(=O)c3ccc(Cl)c(Cl)c3)CC2)cc(C)n1. The Balaban J connectivity index is 1.28. The van der Waals surface area contributed by atoms with Crippen LogP contribution in [0.2, 0.25) is 10.0 Å². The average Bonchev–Trinajstić information content (AvgIpc) is 3.61. The number of halogens is 2. The number of urea groups is 1. The second-order valence-electron chi connectivity index (χ2n) is 9.23. The highest BCUT2D eigenvalue weighted by molar-refractivity contribution is 7.89. The lowest BCUT2D eigenvalue weighted by atomic mass is 10.0. The summed E-state index contributed by atoms with van der Waals surface area (Å²) in [7, 11) is -3.66. The van der Waals surface area contributed by atoms with Gasteiger partial charge in [-0.1, -0.05) is 23.2 Å². The average molecular weight is 541 g/mol. The van der Waals surface area contributed by atoms with E-state index >= 15 is 0 Å². The van der Waals surface area contributed by atoms with Crippen LogP contribution in [-0.2, 0) is 10.0 Å². The minimum atomic E-state index is -3.66. The molecule has 0 bridgehead atoms. The van der Waals surface area contributed by atoms with Gasteiger partial charge >= 0.3 is 6.03 Å². The van der Waals surface area contributed by atoms with Gasteiger partial charge in [0.2, 0.25) is 10.0 Å². The molecular weight excluding hydrogens is 509 g/mol. The molecule has 1 saturated heterocycles. The maximum Gasteiger partial charge on any atom is 0.319 e. The van der Waals surface area contributed by atoms with Crippen molar-refractivity contribution in [2.75, 3.05) is 31.5 Å². The van der Waals surface area contributed by atoms with Gasteiger partial charge in [0.05, 0.1) is 14.9 Å². The van der Waals surface area contributed by atoms with E-state index in [1.807, 2.05) is 26.0 Å². The molecule has 0 spiro atoms. The van der Waals surface area contributed by atoms with Crippen LogP contribution in [0.1, 0.15) is 37.1 Å². The highest BCUT2D eigenvalue weighted by Gasteiger charge is 2.43. The van der Waals surface area contributed by atoms with Gasteiger partial charge in [0.1, 0.15) is 0 Å². The molecule has 1 aromatic heterocycles. The van der Waals surface area contributed by atoms with Crippen molar-refractivity contribution >= 4 is 44.9 Å². The molecule has 1 aliphatic heterocycles. The number of rotatable bonds is 8. The van der Waals surface area contributed by atoms with E-state index in [-0.39, 0.29) is 28.0 Å². The number of sulfonamides is 1. The zero-order valence-electron chi connectivity index (χ0n) is 19.9. The molecule has 0 unspecified atom stereocenters. The predicted molar refractivity (Wildman–Crippen MR) is 139 cm³/mol. The Morgan fingerprint density at radius 2 is 1.66 bits per heavy atom. The van der Waals surface area contributed by atoms with Crippen LogP contribution in [0.4, 0.5) is 10.5 Å². The Hall–Kier alpha value is -1.91. The van der Waals surface area contributed by atoms with E-state index in [4.69, 9.17) is 23.2 Å². The molecule has 2 fully saturated rings. The maximum absolute atomic E-state index is 13.4. The fraction of sp³-hybridized carbons (Fsp3) is 0.500. The molecule has 1 aliphatic carbocycles. The number of nitrogens with zero attached hydrogens (tertiary/aromatic N) is 3. The number of carbonyl (C=O) groups is 1. The van der Waals surface area contributed by atoms with Crippen LogP contribution in [-0.4, -0.2) is 66.9 Å². The number of anilines is 1. The first-order valence-electron chi connectivity index (χ1n) is 11.8. The topological polar surface area (TPSA) is 94.6 Å². The summed E-state index contributed by atoms with van der Waals surface area (Å²) >= 11 is 12.1. The maximum atomic E-state index is 13.4. The smallest absolute Gasteiger partial charge is 0.319 e. The van der Waals surface area contributed by atoms with Crippen molar-refractivity contribution in [1.82, 2.24) is 19.5 Å². The number of hydrogen-bond acceptors (Lipinski definition) is 5. The zero-order valence-corrected chi connectivity index (χ0v) is 22.3. The Kier molecular flexibility index (Phi) is 8.23. The first-order chi connectivity index (χ1) is 16.6. The van der Waals surface area contributed by atoms with Gasteiger partial charge in [-0.25, -0.2) is 13.2 Å². The molecule has 4 rings (SSSR count). The third-order valence-corrected chi connectivity index (χ3v) is 9.08. The lowest BCUT2D eigenvalue weighted by molar-refractivity contribution is 0.156. The van der Waals surface area contributed by atoms with Crippen molar-refractivity contribution in [2.24, 2.45) is 0 Å². The van der Waals surface area contributed by atoms with Crippen molar-refractivity contribution < 1.29 is 13.2 Å². The third kappa shape index (κ3) is 6.65. The summed E-state index contributed by atoms with van der Waals surface area (Å²) in [5, 5.41) is 6.31. The molecular formula is C24H31Cl2N5O3S. The van der Waals surface area contributed by atoms with Crippen LogP contribution in [0, 0.1) is 13.8 Å². The fourth-order valence-electron chi connectivity index (χ4n) is 4.59. The molecule has 8 nitrogen and oxygen atoms in total. The number of nitrogens with one attached hydrogen (secondary N) is 2. The molecule has 2 N–H and O–H groups in total. The summed E-state index contributed by atoms with van der Waals surface area (Å²) in [4.78, 5) is 19.0. The number of aryl methyl sites for hydroxylation is 2. The van der Waals surface area contributed by atoms with Gasteiger partial charge in [0.25, 0.3) is 0 Å². The second kappa shape index (κ2) is 11.0. The van der Waals surface area contributed by atoms with Gasteiger partial charge in [-0.2, -0.15) is 4.31 Å². The van der Waals surface area contributed by atoms with Crippen molar-refractivity contribution in [1.29, 1.82) is 0 Å². The van der Waals surface area contributed by atoms with Crippen molar-refractivity contribution in [2.45, 2.75) is 56.5 Å². The molecule has 2 amide bonds. The van der Waals surface area contributed by atoms with Gasteiger partial charge in [-0.3, -0.25) is 4.98 Å². The normalized spacial score (nSPS) is 17.5. The summed E-state index contributed by atoms with van der Waals surface area (Å²) < 4.78 is 28.6. The van der Waals surface area contributed by atoms with Crippen LogP contribution in [0.15, 0.2) is 35.2 Å². The Morgan fingerprint density at radius 1 is 1.03 bits per heavy atom. The molecule has 1 aromatic carbocycles. The monoisotopic (exact) mass is 539 g/mol. The van der Waals surface area contributed by atoms with Crippen molar-refractivity contribution in [3.63, 3.8) is 0 Å². The molecule has 0 atom stereocenters. The Bertz CT molecular complexity index is 1160. The molecule has 2 aliphatic rings. The first kappa shape index (κ1) is 26.2. The number of pyridine rings is 1. The van der Waals surface area contributed by atoms with E-state index in [1.54, 1.807) is 4.31 Å². The fourth-order valence-corrected chi connectivity index (χ4v) is 6.91. The molecule has 190 valence electrons. The number of carbonyl (C=O) groups excluding carboxylic acids is 1. The number of benzene rings is 1. The lowest BCUT2D eigenvalue weighted by Crippen LogP contribution is -2.49. The largest absolute Gasteiger partial charge is 0.337 e. The Labute approximate surface area is 217 Å². The number of piperidine rings is 1. The molecule has 2 heterocycles. The summed E-state index contributed by atoms with van der Waals surface area (Å²) in [5.74, 6) is 0. The minimum absolute atomic E-state index is 0.0485. The van der Waals surface area contributed by atoms with Crippen LogP contribution in [0.3, 0.4) is 0 Å². The van der Waals surface area contributed by atoms with E-state index < -0.39 is 10.0 Å². The predicted octanol–water partition coefficient (Wildman–Crippen LogP) is 4.44. The van der Waals surface area contributed by atoms with Crippen LogP contribution in [0.25, 0.3) is 0 Å². The number of aromatic nitrogens is 1. The number of hydrogen-bond donors (Lipinski definition) is 2. The van der Waals surface area contributed by atoms with Crippen LogP contribution >= 0.6 is 23.2 Å². The van der Waals surface area contributed by atoms with E-state index in [0.717, 1.165) is 55.8 Å². The molecule has 35 heavy (non-hydrogen) atoms. The summed E-state index contributed by atoms with van der Waals surface area (Å²) in [6, 6.07) is 7.91. The quantitative estimate of drug-likeness (QED) is 0.516. The highest BCUT2D eigenvalue weighted by atomic mass is 35.5. The summed E-state index contributed by atoms with van der Waals surface area (Å²) in [5.41, 5.74) is 2.42. The van der Waals surface area contributed by atoms with Crippen LogP contribution < -0.4 is 10.6 Å². The van der Waals surface area contributed by atoms with Crippen molar-refractivity contribution in [3.8, 4) is 0 Å². The number of likely N-dealkylation sites (tertiary alicyclic amines) is 1. The van der Waals surface area contributed by atoms with E-state index in [9.17, 15) is 13.2 Å². The first-order valence-corrected chi connectivity index (χ1v) is 14.0. The van der Waals surface area contributed by atoms with Gasteiger partial charge in [0.15, 0.2) is 0 Å². The van der Waals surface area contributed by atoms with E-state index in [1.165, 1.54) is 18.2 Å². The van der Waals surface area contributed by atoms with Crippen molar-refractivity contribution in [3.05, 3.63) is 51.8 Å². The summed E-state index contributed by atoms with van der Waals surface area (Å²) in [6.45, 7) is 6.54. The second-order valence-corrected chi connectivity index (χ2v) is 11.9. The highest BCUT2D eigenvalue weighted by Crippen LogP contribution is 2.37. The molecule has 11 heteroatoms. The van der Waals surface area contributed by atoms with Crippen LogP contribution in [0.5, 0.6) is 0 Å². The lowest BCUT2D eigenvalue weighted by Gasteiger charge is -2.38. The third-order valence-electron chi connectivity index (χ3n) is 6.34. The molecule has 0 radical (unpaired) electrons. The van der Waals surface area contributed by atoms with E-state index in [2.05, 4.69) is 20.5 Å².